The molecule has 0 aromatic rings. The molecule has 0 rings (SSSR count). The second-order valence-corrected chi connectivity index (χ2v) is 8.21. The molecule has 1 amide bonds. The van der Waals surface area contributed by atoms with Crippen LogP contribution in [-0.4, -0.2) is 70.6 Å². The van der Waals surface area contributed by atoms with Crippen LogP contribution in [0.25, 0.3) is 0 Å². The van der Waals surface area contributed by atoms with E-state index in [4.69, 9.17) is 18.9 Å². The number of rotatable bonds is 23. The zero-order valence-electron chi connectivity index (χ0n) is 20.4. The number of nitrogens with one attached hydrogen (secondary N) is 1. The summed E-state index contributed by atoms with van der Waals surface area (Å²) in [6.07, 6.45) is 8.79. The molecule has 0 aromatic heterocycles. The normalized spacial score (nSPS) is 12.3. The van der Waals surface area contributed by atoms with Crippen LogP contribution in [0, 0.1) is 5.92 Å². The maximum atomic E-state index is 11.8. The zero-order valence-corrected chi connectivity index (χ0v) is 20.4. The van der Waals surface area contributed by atoms with Crippen molar-refractivity contribution in [1.82, 2.24) is 5.32 Å². The van der Waals surface area contributed by atoms with Crippen LogP contribution in [0.4, 0.5) is 0 Å². The minimum atomic E-state index is 0.00444. The number of carbonyl (C=O) groups is 2. The summed E-state index contributed by atoms with van der Waals surface area (Å²) in [6.45, 7) is 11.8. The molecular weight excluding hydrogens is 398 g/mol. The predicted molar refractivity (Wildman–Crippen MR) is 123 cm³/mol. The van der Waals surface area contributed by atoms with Gasteiger partial charge < -0.3 is 24.3 Å². The molecule has 7 heteroatoms. The third kappa shape index (κ3) is 22.0. The lowest BCUT2D eigenvalue weighted by atomic mass is 10.1. The Bertz CT molecular complexity index is 430. The average molecular weight is 446 g/mol. The molecule has 0 spiro atoms. The number of Topliss-reactive ketones (excluding diaryl/α,β-unsaturated/α-hetero) is 1. The first-order valence-corrected chi connectivity index (χ1v) is 12.1. The second kappa shape index (κ2) is 22.2. The van der Waals surface area contributed by atoms with E-state index in [2.05, 4.69) is 19.2 Å². The molecule has 0 bridgehead atoms. The van der Waals surface area contributed by atoms with Gasteiger partial charge in [-0.2, -0.15) is 0 Å². The molecule has 0 fully saturated rings. The molecule has 0 aliphatic heterocycles. The van der Waals surface area contributed by atoms with E-state index in [0.29, 0.717) is 52.1 Å². The predicted octanol–water partition coefficient (Wildman–Crippen LogP) is 3.92. The Morgan fingerprint density at radius 1 is 0.742 bits per heavy atom. The fraction of sp³-hybridized carbons (Fsp3) is 0.917. The number of ketones is 1. The van der Waals surface area contributed by atoms with Crippen molar-refractivity contribution in [2.75, 3.05) is 52.8 Å². The highest BCUT2D eigenvalue weighted by molar-refractivity contribution is 5.81. The van der Waals surface area contributed by atoms with Crippen LogP contribution < -0.4 is 5.32 Å². The van der Waals surface area contributed by atoms with Crippen molar-refractivity contribution < 1.29 is 28.5 Å². The maximum absolute atomic E-state index is 11.8. The summed E-state index contributed by atoms with van der Waals surface area (Å²) in [5.74, 6) is 0.198. The van der Waals surface area contributed by atoms with Crippen LogP contribution in [0.1, 0.15) is 79.1 Å². The van der Waals surface area contributed by atoms with Gasteiger partial charge in [0.2, 0.25) is 5.91 Å². The van der Waals surface area contributed by atoms with Crippen molar-refractivity contribution in [3.05, 3.63) is 0 Å². The maximum Gasteiger partial charge on any atom is 0.220 e. The van der Waals surface area contributed by atoms with E-state index in [1.807, 2.05) is 13.8 Å². The van der Waals surface area contributed by atoms with Gasteiger partial charge in [0.15, 0.2) is 5.78 Å². The fourth-order valence-corrected chi connectivity index (χ4v) is 2.63. The van der Waals surface area contributed by atoms with Gasteiger partial charge in [0.05, 0.1) is 39.1 Å². The van der Waals surface area contributed by atoms with Gasteiger partial charge in [0, 0.05) is 25.5 Å². The molecule has 0 heterocycles. The number of ether oxygens (including phenoxy) is 4. The van der Waals surface area contributed by atoms with Gasteiger partial charge in [-0.15, -0.1) is 0 Å². The molecule has 7 nitrogen and oxygen atoms in total. The van der Waals surface area contributed by atoms with Crippen LogP contribution >= 0.6 is 0 Å². The lowest BCUT2D eigenvalue weighted by Gasteiger charge is -2.10. The van der Waals surface area contributed by atoms with E-state index < -0.39 is 0 Å². The van der Waals surface area contributed by atoms with Crippen molar-refractivity contribution in [2.45, 2.75) is 85.2 Å². The van der Waals surface area contributed by atoms with Gasteiger partial charge in [0.25, 0.3) is 0 Å². The standard InChI is InChI=1S/C24H47NO6/c1-5-22(4)31-14-11-9-7-6-8-10-12-24(27)25-13-15-28-16-17-29-18-19-30-20-23(26)21(2)3/h21-22H,5-20H2,1-4H3,(H,25,27). The SMILES string of the molecule is CCC(C)OCCCCCCCCC(=O)NCCOCCOCCOCC(=O)C(C)C. The van der Waals surface area contributed by atoms with Crippen LogP contribution in [0.3, 0.4) is 0 Å². The van der Waals surface area contributed by atoms with E-state index in [9.17, 15) is 9.59 Å². The van der Waals surface area contributed by atoms with Crippen molar-refractivity contribution >= 4 is 11.7 Å². The minimum absolute atomic E-state index is 0.00444. The number of hydrogen-bond acceptors (Lipinski definition) is 6. The van der Waals surface area contributed by atoms with Crippen molar-refractivity contribution in [3.8, 4) is 0 Å². The smallest absolute Gasteiger partial charge is 0.220 e. The third-order valence-electron chi connectivity index (χ3n) is 4.98. The average Bonchev–Trinajstić information content (AvgIpc) is 2.75. The van der Waals surface area contributed by atoms with Gasteiger partial charge in [-0.25, -0.2) is 0 Å². The van der Waals surface area contributed by atoms with Crippen molar-refractivity contribution in [2.24, 2.45) is 5.92 Å². The Kier molecular flexibility index (Phi) is 21.5. The summed E-state index contributed by atoms with van der Waals surface area (Å²) in [7, 11) is 0. The molecule has 0 aliphatic rings. The Hall–Kier alpha value is -1.02. The van der Waals surface area contributed by atoms with Gasteiger partial charge in [-0.1, -0.05) is 46.5 Å². The largest absolute Gasteiger partial charge is 0.379 e. The first-order valence-electron chi connectivity index (χ1n) is 12.1. The Balaban J connectivity index is 3.24. The van der Waals surface area contributed by atoms with Crippen LogP contribution in [0.15, 0.2) is 0 Å². The van der Waals surface area contributed by atoms with Crippen molar-refractivity contribution in [1.29, 1.82) is 0 Å². The van der Waals surface area contributed by atoms with Gasteiger partial charge in [-0.3, -0.25) is 9.59 Å². The second-order valence-electron chi connectivity index (χ2n) is 8.21. The Morgan fingerprint density at radius 3 is 1.97 bits per heavy atom. The van der Waals surface area contributed by atoms with E-state index in [-0.39, 0.29) is 24.2 Å². The molecule has 0 saturated carbocycles. The minimum Gasteiger partial charge on any atom is -0.379 e. The van der Waals surface area contributed by atoms with Crippen molar-refractivity contribution in [3.63, 3.8) is 0 Å². The lowest BCUT2D eigenvalue weighted by Crippen LogP contribution is -2.27. The van der Waals surface area contributed by atoms with E-state index in [0.717, 1.165) is 32.3 Å². The van der Waals surface area contributed by atoms with E-state index in [1.54, 1.807) is 0 Å². The van der Waals surface area contributed by atoms with Crippen LogP contribution in [0.5, 0.6) is 0 Å². The summed E-state index contributed by atoms with van der Waals surface area (Å²) >= 11 is 0. The summed E-state index contributed by atoms with van der Waals surface area (Å²) in [6, 6.07) is 0. The van der Waals surface area contributed by atoms with Crippen LogP contribution in [-0.2, 0) is 28.5 Å². The number of hydrogen-bond donors (Lipinski definition) is 1. The summed E-state index contributed by atoms with van der Waals surface area (Å²) in [5, 5.41) is 2.88. The Labute approximate surface area is 189 Å². The quantitative estimate of drug-likeness (QED) is 0.240. The number of amides is 1. The highest BCUT2D eigenvalue weighted by Crippen LogP contribution is 2.08. The monoisotopic (exact) mass is 445 g/mol. The summed E-state index contributed by atoms with van der Waals surface area (Å²) in [5.41, 5.74) is 0. The molecule has 0 aromatic carbocycles. The molecule has 184 valence electrons. The highest BCUT2D eigenvalue weighted by atomic mass is 16.5. The van der Waals surface area contributed by atoms with Gasteiger partial charge in [-0.05, 0) is 26.2 Å². The summed E-state index contributed by atoms with van der Waals surface area (Å²) in [4.78, 5) is 23.2. The first-order chi connectivity index (χ1) is 15.0. The number of unbranched alkanes of at least 4 members (excludes halogenated alkanes) is 5. The van der Waals surface area contributed by atoms with Gasteiger partial charge >= 0.3 is 0 Å². The molecular formula is C24H47NO6. The van der Waals surface area contributed by atoms with Gasteiger partial charge in [0.1, 0.15) is 6.61 Å². The first kappa shape index (κ1) is 30.0. The van der Waals surface area contributed by atoms with E-state index in [1.165, 1.54) is 19.3 Å². The lowest BCUT2D eigenvalue weighted by molar-refractivity contribution is -0.127. The third-order valence-corrected chi connectivity index (χ3v) is 4.98. The highest BCUT2D eigenvalue weighted by Gasteiger charge is 2.06. The zero-order chi connectivity index (χ0) is 23.2. The van der Waals surface area contributed by atoms with E-state index >= 15 is 0 Å². The molecule has 0 saturated heterocycles. The topological polar surface area (TPSA) is 83.1 Å². The Morgan fingerprint density at radius 2 is 1.32 bits per heavy atom. The van der Waals surface area contributed by atoms with Crippen LogP contribution in [0.2, 0.25) is 0 Å². The molecule has 1 N–H and O–H groups in total. The molecule has 1 atom stereocenters. The number of carbonyl (C=O) groups excluding carboxylic acids is 2. The summed E-state index contributed by atoms with van der Waals surface area (Å²) < 4.78 is 21.7. The molecule has 0 aliphatic carbocycles. The molecule has 0 radical (unpaired) electrons. The molecule has 1 unspecified atom stereocenters. The molecule has 31 heavy (non-hydrogen) atoms. The fourth-order valence-electron chi connectivity index (χ4n) is 2.63.